The fourth-order valence-electron chi connectivity index (χ4n) is 5.22. The number of para-hydroxylation sites is 1. The summed E-state index contributed by atoms with van der Waals surface area (Å²) in [5.41, 5.74) is 1.15. The summed E-state index contributed by atoms with van der Waals surface area (Å²) in [5, 5.41) is 5.63. The molecule has 1 aliphatic carbocycles. The summed E-state index contributed by atoms with van der Waals surface area (Å²) in [6.45, 7) is 10.6. The summed E-state index contributed by atoms with van der Waals surface area (Å²) < 4.78 is 5.78. The second-order valence-electron chi connectivity index (χ2n) is 9.68. The third kappa shape index (κ3) is 4.60. The molecule has 0 bridgehead atoms. The van der Waals surface area contributed by atoms with Gasteiger partial charge < -0.3 is 15.4 Å². The maximum absolute atomic E-state index is 13.1. The molecule has 4 amide bonds. The highest BCUT2D eigenvalue weighted by Gasteiger charge is 2.56. The van der Waals surface area contributed by atoms with Crippen LogP contribution in [0.25, 0.3) is 0 Å². The average Bonchev–Trinajstić information content (AvgIpc) is 2.82. The first-order valence-electron chi connectivity index (χ1n) is 10.6. The minimum Gasteiger partial charge on any atom is -0.491 e. The van der Waals surface area contributed by atoms with E-state index in [4.69, 9.17) is 4.74 Å². The van der Waals surface area contributed by atoms with E-state index in [1.54, 1.807) is 0 Å². The molecular formula is C23H33N3O4. The molecule has 7 nitrogen and oxygen atoms in total. The van der Waals surface area contributed by atoms with Crippen molar-refractivity contribution in [1.29, 1.82) is 0 Å². The molecular weight excluding hydrogens is 382 g/mol. The fraction of sp³-hybridized carbons (Fsp3) is 0.609. The van der Waals surface area contributed by atoms with Crippen molar-refractivity contribution in [3.63, 3.8) is 0 Å². The Morgan fingerprint density at radius 2 is 1.90 bits per heavy atom. The molecule has 1 saturated carbocycles. The smallest absolute Gasteiger partial charge is 0.325 e. The number of nitrogens with zero attached hydrogens (tertiary/aromatic N) is 1. The lowest BCUT2D eigenvalue weighted by molar-refractivity contribution is -0.137. The average molecular weight is 416 g/mol. The van der Waals surface area contributed by atoms with Gasteiger partial charge in [0, 0.05) is 0 Å². The summed E-state index contributed by atoms with van der Waals surface area (Å²) >= 11 is 0. The van der Waals surface area contributed by atoms with E-state index in [1.807, 2.05) is 32.0 Å². The Balaban J connectivity index is 1.53. The third-order valence-electron chi connectivity index (χ3n) is 6.01. The molecule has 3 rings (SSSR count). The van der Waals surface area contributed by atoms with Gasteiger partial charge in [0.1, 0.15) is 24.4 Å². The Labute approximate surface area is 178 Å². The van der Waals surface area contributed by atoms with Crippen LogP contribution in [0.2, 0.25) is 0 Å². The first-order valence-corrected chi connectivity index (χ1v) is 10.6. The first kappa shape index (κ1) is 22.1. The van der Waals surface area contributed by atoms with Crippen LogP contribution in [-0.4, -0.2) is 48.0 Å². The number of ether oxygens (including phenoxy) is 1. The zero-order valence-electron chi connectivity index (χ0n) is 18.6. The standard InChI is InChI=1S/C23H33N3O4/c1-15-11-22(4,5)14-23(12-15)20(28)26(21(29)25-23)13-18(27)24-9-10-30-19-16(2)7-6-8-17(19)3/h6-8,15H,9-14H2,1-5H3,(H,24,27)(H,25,29). The Kier molecular flexibility index (Phi) is 6.11. The van der Waals surface area contributed by atoms with Crippen molar-refractivity contribution in [3.05, 3.63) is 29.3 Å². The van der Waals surface area contributed by atoms with E-state index in [9.17, 15) is 14.4 Å². The number of amides is 4. The van der Waals surface area contributed by atoms with Crippen LogP contribution in [0.3, 0.4) is 0 Å². The molecule has 1 heterocycles. The van der Waals surface area contributed by atoms with Crippen molar-refractivity contribution in [1.82, 2.24) is 15.5 Å². The highest BCUT2D eigenvalue weighted by Crippen LogP contribution is 2.46. The molecule has 1 saturated heterocycles. The number of aryl methyl sites for hydroxylation is 2. The molecule has 30 heavy (non-hydrogen) atoms. The predicted molar refractivity (Wildman–Crippen MR) is 114 cm³/mol. The van der Waals surface area contributed by atoms with E-state index in [2.05, 4.69) is 31.4 Å². The van der Waals surface area contributed by atoms with Crippen molar-refractivity contribution in [2.75, 3.05) is 19.7 Å². The number of carbonyl (C=O) groups excluding carboxylic acids is 3. The van der Waals surface area contributed by atoms with Gasteiger partial charge in [0.25, 0.3) is 5.91 Å². The Morgan fingerprint density at radius 3 is 2.53 bits per heavy atom. The molecule has 2 N–H and O–H groups in total. The van der Waals surface area contributed by atoms with Gasteiger partial charge in [-0.1, -0.05) is 39.0 Å². The maximum Gasteiger partial charge on any atom is 0.325 e. The number of nitrogens with one attached hydrogen (secondary N) is 2. The van der Waals surface area contributed by atoms with Gasteiger partial charge in [0.2, 0.25) is 5.91 Å². The van der Waals surface area contributed by atoms with Gasteiger partial charge in [0.05, 0.1) is 6.54 Å². The van der Waals surface area contributed by atoms with E-state index in [1.165, 1.54) is 0 Å². The van der Waals surface area contributed by atoms with E-state index in [0.29, 0.717) is 31.9 Å². The van der Waals surface area contributed by atoms with Gasteiger partial charge in [-0.15, -0.1) is 0 Å². The van der Waals surface area contributed by atoms with Gasteiger partial charge in [-0.2, -0.15) is 0 Å². The molecule has 1 aromatic rings. The van der Waals surface area contributed by atoms with Crippen LogP contribution < -0.4 is 15.4 Å². The zero-order chi connectivity index (χ0) is 22.1. The van der Waals surface area contributed by atoms with Crippen LogP contribution in [0.5, 0.6) is 5.75 Å². The summed E-state index contributed by atoms with van der Waals surface area (Å²) in [5.74, 6) is 0.489. The summed E-state index contributed by atoms with van der Waals surface area (Å²) in [7, 11) is 0. The van der Waals surface area contributed by atoms with Gasteiger partial charge in [-0.3, -0.25) is 14.5 Å². The summed E-state index contributed by atoms with van der Waals surface area (Å²) in [4.78, 5) is 39.0. The van der Waals surface area contributed by atoms with Crippen molar-refractivity contribution in [3.8, 4) is 5.75 Å². The molecule has 2 unspecified atom stereocenters. The van der Waals surface area contributed by atoms with E-state index in [-0.39, 0.29) is 23.8 Å². The Bertz CT molecular complexity index is 831. The molecule has 0 aromatic heterocycles. The molecule has 2 atom stereocenters. The van der Waals surface area contributed by atoms with Gasteiger partial charge in [0.15, 0.2) is 0 Å². The lowest BCUT2D eigenvalue weighted by atomic mass is 9.64. The van der Waals surface area contributed by atoms with Crippen molar-refractivity contribution in [2.24, 2.45) is 11.3 Å². The van der Waals surface area contributed by atoms with Crippen LogP contribution in [0.1, 0.15) is 51.2 Å². The Morgan fingerprint density at radius 1 is 1.23 bits per heavy atom. The molecule has 164 valence electrons. The van der Waals surface area contributed by atoms with E-state index < -0.39 is 11.6 Å². The molecule has 1 aromatic carbocycles. The molecule has 1 spiro atoms. The van der Waals surface area contributed by atoms with E-state index in [0.717, 1.165) is 28.2 Å². The lowest BCUT2D eigenvalue weighted by Gasteiger charge is -2.43. The summed E-state index contributed by atoms with van der Waals surface area (Å²) in [6, 6.07) is 5.44. The minimum absolute atomic E-state index is 0.0378. The number of imide groups is 1. The normalized spacial score (nSPS) is 25.4. The van der Waals surface area contributed by atoms with Crippen LogP contribution in [0.15, 0.2) is 18.2 Å². The second kappa shape index (κ2) is 8.28. The zero-order valence-corrected chi connectivity index (χ0v) is 18.6. The number of benzene rings is 1. The lowest BCUT2D eigenvalue weighted by Crippen LogP contribution is -2.54. The highest BCUT2D eigenvalue weighted by atomic mass is 16.5. The number of hydrogen-bond donors (Lipinski definition) is 2. The quantitative estimate of drug-likeness (QED) is 0.552. The van der Waals surface area contributed by atoms with Crippen molar-refractivity contribution >= 4 is 17.8 Å². The molecule has 0 radical (unpaired) electrons. The van der Waals surface area contributed by atoms with Gasteiger partial charge >= 0.3 is 6.03 Å². The largest absolute Gasteiger partial charge is 0.491 e. The van der Waals surface area contributed by atoms with Gasteiger partial charge in [-0.25, -0.2) is 4.79 Å². The van der Waals surface area contributed by atoms with Crippen molar-refractivity contribution in [2.45, 2.75) is 59.4 Å². The highest BCUT2D eigenvalue weighted by molar-refractivity contribution is 6.09. The number of hydrogen-bond acceptors (Lipinski definition) is 4. The van der Waals surface area contributed by atoms with Crippen LogP contribution in [0.4, 0.5) is 4.79 Å². The van der Waals surface area contributed by atoms with E-state index >= 15 is 0 Å². The molecule has 1 aliphatic heterocycles. The fourth-order valence-corrected chi connectivity index (χ4v) is 5.22. The Hall–Kier alpha value is -2.57. The minimum atomic E-state index is -0.885. The van der Waals surface area contributed by atoms with Crippen LogP contribution in [0, 0.1) is 25.2 Å². The van der Waals surface area contributed by atoms with Crippen LogP contribution >= 0.6 is 0 Å². The third-order valence-corrected chi connectivity index (χ3v) is 6.01. The maximum atomic E-state index is 13.1. The number of carbonyl (C=O) groups is 3. The first-order chi connectivity index (χ1) is 14.0. The molecule has 7 heteroatoms. The van der Waals surface area contributed by atoms with Crippen molar-refractivity contribution < 1.29 is 19.1 Å². The summed E-state index contributed by atoms with van der Waals surface area (Å²) in [6.07, 6.45) is 2.22. The number of rotatable bonds is 6. The molecule has 2 fully saturated rings. The topological polar surface area (TPSA) is 87.7 Å². The number of urea groups is 1. The van der Waals surface area contributed by atoms with Crippen LogP contribution in [-0.2, 0) is 9.59 Å². The predicted octanol–water partition coefficient (Wildman–Crippen LogP) is 2.94. The second-order valence-corrected chi connectivity index (χ2v) is 9.68. The molecule has 2 aliphatic rings. The SMILES string of the molecule is Cc1cccc(C)c1OCCNC(=O)CN1C(=O)NC2(CC(C)CC(C)(C)C2)C1=O. The monoisotopic (exact) mass is 415 g/mol. The van der Waals surface area contributed by atoms with Gasteiger partial charge in [-0.05, 0) is 55.6 Å².